The molecule has 0 unspecified atom stereocenters. The molecule has 5 heteroatoms. The van der Waals surface area contributed by atoms with Gasteiger partial charge in [0.05, 0.1) is 21.5 Å². The van der Waals surface area contributed by atoms with Gasteiger partial charge < -0.3 is 10.4 Å². The lowest BCUT2D eigenvalue weighted by Gasteiger charge is -2.07. The van der Waals surface area contributed by atoms with Crippen LogP contribution in [-0.2, 0) is 0 Å². The van der Waals surface area contributed by atoms with Gasteiger partial charge in [0.15, 0.2) is 5.13 Å². The maximum atomic E-state index is 11.3. The number of hydrogen-bond acceptors (Lipinski definition) is 4. The summed E-state index contributed by atoms with van der Waals surface area (Å²) in [6.07, 6.45) is 0. The number of benzene rings is 2. The van der Waals surface area contributed by atoms with Crippen molar-refractivity contribution in [1.29, 1.82) is 0 Å². The summed E-state index contributed by atoms with van der Waals surface area (Å²) in [6, 6.07) is 11.3. The van der Waals surface area contributed by atoms with E-state index in [4.69, 9.17) is 0 Å². The van der Waals surface area contributed by atoms with Crippen LogP contribution in [0.4, 0.5) is 10.8 Å². The fourth-order valence-electron chi connectivity index (χ4n) is 2.15. The SMILES string of the molecule is Cc1ccc(C(=O)O)c(Nc2nc3ccc(C)cc3s2)c1. The Morgan fingerprint density at radius 2 is 1.86 bits per heavy atom. The quantitative estimate of drug-likeness (QED) is 0.754. The van der Waals surface area contributed by atoms with Crippen LogP contribution in [0.3, 0.4) is 0 Å². The van der Waals surface area contributed by atoms with E-state index in [-0.39, 0.29) is 5.56 Å². The van der Waals surface area contributed by atoms with Gasteiger partial charge in [-0.2, -0.15) is 0 Å². The molecule has 0 saturated heterocycles. The van der Waals surface area contributed by atoms with Crippen molar-refractivity contribution in [2.45, 2.75) is 13.8 Å². The van der Waals surface area contributed by atoms with E-state index in [0.717, 1.165) is 15.8 Å². The lowest BCUT2D eigenvalue weighted by Crippen LogP contribution is -2.02. The summed E-state index contributed by atoms with van der Waals surface area (Å²) in [7, 11) is 0. The standard InChI is InChI=1S/C16H14N2O2S/c1-9-3-5-11(15(19)20)13(7-9)18-16-17-12-6-4-10(2)8-14(12)21-16/h3-8H,1-2H3,(H,17,18)(H,19,20). The van der Waals surface area contributed by atoms with Gasteiger partial charge >= 0.3 is 5.97 Å². The molecule has 106 valence electrons. The summed E-state index contributed by atoms with van der Waals surface area (Å²) >= 11 is 1.52. The highest BCUT2D eigenvalue weighted by Gasteiger charge is 2.12. The lowest BCUT2D eigenvalue weighted by atomic mass is 10.1. The molecule has 0 aliphatic heterocycles. The van der Waals surface area contributed by atoms with Crippen molar-refractivity contribution in [3.8, 4) is 0 Å². The van der Waals surface area contributed by atoms with Crippen LogP contribution < -0.4 is 5.32 Å². The van der Waals surface area contributed by atoms with Crippen molar-refractivity contribution in [3.05, 3.63) is 53.1 Å². The maximum Gasteiger partial charge on any atom is 0.337 e. The summed E-state index contributed by atoms with van der Waals surface area (Å²) in [5.74, 6) is -0.950. The van der Waals surface area contributed by atoms with E-state index in [9.17, 15) is 9.90 Å². The van der Waals surface area contributed by atoms with Gasteiger partial charge in [-0.3, -0.25) is 0 Å². The first kappa shape index (κ1) is 13.6. The van der Waals surface area contributed by atoms with E-state index in [1.165, 1.54) is 16.9 Å². The Labute approximate surface area is 126 Å². The number of carboxylic acids is 1. The Kier molecular flexibility index (Phi) is 3.35. The van der Waals surface area contributed by atoms with Gasteiger partial charge in [-0.05, 0) is 49.2 Å². The Morgan fingerprint density at radius 1 is 1.14 bits per heavy atom. The van der Waals surface area contributed by atoms with Gasteiger partial charge in [0, 0.05) is 0 Å². The third-order valence-corrected chi connectivity index (χ3v) is 4.12. The molecule has 2 N–H and O–H groups in total. The second kappa shape index (κ2) is 5.18. The minimum atomic E-state index is -0.950. The molecule has 0 aliphatic rings. The van der Waals surface area contributed by atoms with Crippen molar-refractivity contribution in [3.63, 3.8) is 0 Å². The highest BCUT2D eigenvalue weighted by Crippen LogP contribution is 2.30. The highest BCUT2D eigenvalue weighted by atomic mass is 32.1. The average molecular weight is 298 g/mol. The molecule has 0 fully saturated rings. The Morgan fingerprint density at radius 3 is 2.62 bits per heavy atom. The molecular weight excluding hydrogens is 284 g/mol. The van der Waals surface area contributed by atoms with Crippen LogP contribution >= 0.6 is 11.3 Å². The molecule has 0 amide bonds. The molecule has 3 aromatic rings. The minimum Gasteiger partial charge on any atom is -0.478 e. The molecule has 0 bridgehead atoms. The lowest BCUT2D eigenvalue weighted by molar-refractivity contribution is 0.0698. The van der Waals surface area contributed by atoms with Crippen molar-refractivity contribution in [2.24, 2.45) is 0 Å². The largest absolute Gasteiger partial charge is 0.478 e. The molecule has 1 aromatic heterocycles. The summed E-state index contributed by atoms with van der Waals surface area (Å²) < 4.78 is 1.09. The Balaban J connectivity index is 2.02. The van der Waals surface area contributed by atoms with Gasteiger partial charge in [0.25, 0.3) is 0 Å². The van der Waals surface area contributed by atoms with E-state index < -0.39 is 5.97 Å². The first-order valence-corrected chi connectivity index (χ1v) is 7.33. The van der Waals surface area contributed by atoms with Gasteiger partial charge in [-0.1, -0.05) is 23.5 Å². The number of aromatic nitrogens is 1. The number of aryl methyl sites for hydroxylation is 2. The van der Waals surface area contributed by atoms with E-state index >= 15 is 0 Å². The minimum absolute atomic E-state index is 0.246. The van der Waals surface area contributed by atoms with Crippen molar-refractivity contribution >= 4 is 38.3 Å². The van der Waals surface area contributed by atoms with Crippen molar-refractivity contribution < 1.29 is 9.90 Å². The van der Waals surface area contributed by atoms with Crippen LogP contribution in [-0.4, -0.2) is 16.1 Å². The van der Waals surface area contributed by atoms with Gasteiger partial charge in [0.2, 0.25) is 0 Å². The molecule has 21 heavy (non-hydrogen) atoms. The molecule has 0 saturated carbocycles. The van der Waals surface area contributed by atoms with Crippen LogP contribution in [0.25, 0.3) is 10.2 Å². The van der Waals surface area contributed by atoms with E-state index in [0.29, 0.717) is 10.8 Å². The number of fused-ring (bicyclic) bond motifs is 1. The number of rotatable bonds is 3. The normalized spacial score (nSPS) is 10.8. The molecule has 0 radical (unpaired) electrons. The van der Waals surface area contributed by atoms with E-state index in [1.807, 2.05) is 32.0 Å². The number of nitrogens with one attached hydrogen (secondary N) is 1. The summed E-state index contributed by atoms with van der Waals surface area (Å²) in [5, 5.41) is 13.1. The van der Waals surface area contributed by atoms with Gasteiger partial charge in [-0.25, -0.2) is 9.78 Å². The van der Waals surface area contributed by atoms with Crippen LogP contribution in [0, 0.1) is 13.8 Å². The Bertz CT molecular complexity index is 839. The molecule has 0 atom stereocenters. The average Bonchev–Trinajstić information content (AvgIpc) is 2.79. The van der Waals surface area contributed by atoms with Crippen molar-refractivity contribution in [2.75, 3.05) is 5.32 Å². The molecule has 4 nitrogen and oxygen atoms in total. The first-order valence-electron chi connectivity index (χ1n) is 6.51. The van der Waals surface area contributed by atoms with Crippen LogP contribution in [0.15, 0.2) is 36.4 Å². The number of hydrogen-bond donors (Lipinski definition) is 2. The predicted molar refractivity (Wildman–Crippen MR) is 85.8 cm³/mol. The zero-order valence-corrected chi connectivity index (χ0v) is 12.5. The topological polar surface area (TPSA) is 62.2 Å². The number of nitrogens with zero attached hydrogens (tertiary/aromatic N) is 1. The zero-order valence-electron chi connectivity index (χ0n) is 11.7. The Hall–Kier alpha value is -2.40. The molecule has 1 heterocycles. The smallest absolute Gasteiger partial charge is 0.337 e. The number of aromatic carboxylic acids is 1. The number of carboxylic acid groups (broad SMARTS) is 1. The second-order valence-electron chi connectivity index (χ2n) is 4.97. The predicted octanol–water partition coefficient (Wildman–Crippen LogP) is 4.35. The third kappa shape index (κ3) is 2.73. The zero-order chi connectivity index (χ0) is 15.0. The molecule has 3 rings (SSSR count). The third-order valence-electron chi connectivity index (χ3n) is 3.19. The fraction of sp³-hybridized carbons (Fsp3) is 0.125. The van der Waals surface area contributed by atoms with Crippen LogP contribution in [0.5, 0.6) is 0 Å². The van der Waals surface area contributed by atoms with E-state index in [2.05, 4.69) is 16.4 Å². The number of anilines is 2. The van der Waals surface area contributed by atoms with Gasteiger partial charge in [0.1, 0.15) is 0 Å². The maximum absolute atomic E-state index is 11.3. The number of carbonyl (C=O) groups is 1. The molecular formula is C16H14N2O2S. The molecule has 0 aliphatic carbocycles. The number of thiazole rings is 1. The van der Waals surface area contributed by atoms with Crippen molar-refractivity contribution in [1.82, 2.24) is 4.98 Å². The molecule has 0 spiro atoms. The van der Waals surface area contributed by atoms with Crippen LogP contribution in [0.2, 0.25) is 0 Å². The summed E-state index contributed by atoms with van der Waals surface area (Å²) in [6.45, 7) is 3.97. The summed E-state index contributed by atoms with van der Waals surface area (Å²) in [5.41, 5.74) is 3.91. The van der Waals surface area contributed by atoms with Gasteiger partial charge in [-0.15, -0.1) is 0 Å². The first-order chi connectivity index (χ1) is 10.0. The highest BCUT2D eigenvalue weighted by molar-refractivity contribution is 7.22. The van der Waals surface area contributed by atoms with E-state index in [1.54, 1.807) is 12.1 Å². The molecule has 2 aromatic carbocycles. The second-order valence-corrected chi connectivity index (χ2v) is 6.00. The monoisotopic (exact) mass is 298 g/mol. The van der Waals surface area contributed by atoms with Crippen LogP contribution in [0.1, 0.15) is 21.5 Å². The summed E-state index contributed by atoms with van der Waals surface area (Å²) in [4.78, 5) is 15.8. The fourth-order valence-corrected chi connectivity index (χ4v) is 3.12.